The molecule has 1 heterocycles. The van der Waals surface area contributed by atoms with Gasteiger partial charge in [-0.1, -0.05) is 17.7 Å². The van der Waals surface area contributed by atoms with E-state index >= 15 is 0 Å². The maximum Gasteiger partial charge on any atom is 0.0991 e. The smallest absolute Gasteiger partial charge is 0.0991 e. The van der Waals surface area contributed by atoms with E-state index in [1.165, 1.54) is 16.7 Å². The summed E-state index contributed by atoms with van der Waals surface area (Å²) in [5.41, 5.74) is 5.58. The van der Waals surface area contributed by atoms with Crippen LogP contribution in [0.2, 0.25) is 5.02 Å². The molecular weight excluding hydrogens is 306 g/mol. The number of aromatic nitrogens is 1. The number of rotatable bonds is 2. The molecule has 0 saturated heterocycles. The minimum absolute atomic E-state index is 0.281. The van der Waals surface area contributed by atoms with E-state index in [2.05, 4.69) is 34.7 Å². The second kappa shape index (κ2) is 5.42. The van der Waals surface area contributed by atoms with Gasteiger partial charge in [0.05, 0.1) is 11.6 Å². The van der Waals surface area contributed by atoms with Gasteiger partial charge >= 0.3 is 0 Å². The van der Waals surface area contributed by atoms with E-state index in [4.69, 9.17) is 11.6 Å². The lowest BCUT2D eigenvalue weighted by Crippen LogP contribution is -2.13. The second-order valence-electron chi connectivity index (χ2n) is 6.02. The molecule has 2 atom stereocenters. The van der Waals surface area contributed by atoms with E-state index < -0.39 is 0 Å². The number of benzene rings is 2. The highest BCUT2D eigenvalue weighted by molar-refractivity contribution is 6.30. The number of hydrogen-bond donors (Lipinski definition) is 2. The molecule has 0 aliphatic heterocycles. The van der Waals surface area contributed by atoms with Crippen LogP contribution in [0.25, 0.3) is 10.9 Å². The quantitative estimate of drug-likeness (QED) is 0.730. The number of nitrogens with zero attached hydrogens (tertiary/aromatic N) is 1. The van der Waals surface area contributed by atoms with Crippen LogP contribution in [0.3, 0.4) is 0 Å². The number of nitriles is 1. The zero-order valence-electron chi connectivity index (χ0n) is 12.7. The molecule has 0 radical (unpaired) electrons. The molecule has 0 saturated carbocycles. The fraction of sp³-hybridized carbons (Fsp3) is 0.211. The van der Waals surface area contributed by atoms with Gasteiger partial charge in [-0.25, -0.2) is 0 Å². The van der Waals surface area contributed by atoms with Crippen molar-refractivity contribution in [1.82, 2.24) is 10.3 Å². The minimum atomic E-state index is 0.281. The molecule has 2 N–H and O–H groups in total. The summed E-state index contributed by atoms with van der Waals surface area (Å²) in [6, 6.07) is 14.5. The molecule has 0 amide bonds. The van der Waals surface area contributed by atoms with Crippen molar-refractivity contribution in [3.63, 3.8) is 0 Å². The standard InChI is InChI=1S/C19H16ClN3/c1-22-19-8-15(14-7-12(20)3-4-13(14)19)17-10-23-18-5-2-11(9-21)6-16(17)18/h2-7,10,15,19,22-23H,8H2,1H3/t15-,19+/m0/s1. The molecule has 1 aliphatic rings. The predicted octanol–water partition coefficient (Wildman–Crippen LogP) is 4.49. The lowest BCUT2D eigenvalue weighted by atomic mass is 9.92. The maximum absolute atomic E-state index is 9.18. The molecule has 0 fully saturated rings. The van der Waals surface area contributed by atoms with Gasteiger partial charge in [-0.15, -0.1) is 0 Å². The lowest BCUT2D eigenvalue weighted by Gasteiger charge is -2.11. The van der Waals surface area contributed by atoms with Crippen molar-refractivity contribution in [3.8, 4) is 6.07 Å². The Morgan fingerprint density at radius 3 is 2.83 bits per heavy atom. The summed E-state index contributed by atoms with van der Waals surface area (Å²) in [4.78, 5) is 3.33. The van der Waals surface area contributed by atoms with Gasteiger partial charge in [-0.2, -0.15) is 5.26 Å². The first-order chi connectivity index (χ1) is 11.2. The fourth-order valence-corrected chi connectivity index (χ4v) is 3.90. The Hall–Kier alpha value is -2.28. The van der Waals surface area contributed by atoms with Gasteiger partial charge in [0.1, 0.15) is 0 Å². The van der Waals surface area contributed by atoms with Crippen LogP contribution < -0.4 is 5.32 Å². The highest BCUT2D eigenvalue weighted by Gasteiger charge is 2.32. The third kappa shape index (κ3) is 2.23. The minimum Gasteiger partial charge on any atom is -0.361 e. The summed E-state index contributed by atoms with van der Waals surface area (Å²) in [7, 11) is 1.99. The lowest BCUT2D eigenvalue weighted by molar-refractivity contribution is 0.566. The highest BCUT2D eigenvalue weighted by Crippen LogP contribution is 2.46. The Morgan fingerprint density at radius 1 is 1.17 bits per heavy atom. The molecule has 1 aromatic heterocycles. The normalized spacial score (nSPS) is 19.7. The van der Waals surface area contributed by atoms with Gasteiger partial charge in [0.2, 0.25) is 0 Å². The summed E-state index contributed by atoms with van der Waals surface area (Å²) < 4.78 is 0. The topological polar surface area (TPSA) is 51.6 Å². The van der Waals surface area contributed by atoms with E-state index in [1.54, 1.807) is 0 Å². The van der Waals surface area contributed by atoms with Crippen LogP contribution >= 0.6 is 11.6 Å². The number of fused-ring (bicyclic) bond motifs is 2. The molecule has 0 spiro atoms. The van der Waals surface area contributed by atoms with Crippen molar-refractivity contribution in [2.75, 3.05) is 7.05 Å². The Morgan fingerprint density at radius 2 is 2.04 bits per heavy atom. The molecule has 3 aromatic rings. The molecule has 2 aromatic carbocycles. The number of nitrogens with one attached hydrogen (secondary N) is 2. The third-order valence-electron chi connectivity index (χ3n) is 4.84. The van der Waals surface area contributed by atoms with E-state index in [0.29, 0.717) is 11.6 Å². The number of halogens is 1. The fourth-order valence-electron chi connectivity index (χ4n) is 3.72. The average molecular weight is 322 g/mol. The van der Waals surface area contributed by atoms with E-state index in [1.807, 2.05) is 31.3 Å². The Labute approximate surface area is 139 Å². The van der Waals surface area contributed by atoms with Crippen LogP contribution in [-0.2, 0) is 0 Å². The zero-order chi connectivity index (χ0) is 16.0. The van der Waals surface area contributed by atoms with Crippen molar-refractivity contribution in [2.45, 2.75) is 18.4 Å². The molecular formula is C19H16ClN3. The first-order valence-corrected chi connectivity index (χ1v) is 8.07. The SMILES string of the molecule is CN[C@@H]1C[C@H](c2c[nH]c3ccc(C#N)cc23)c2cc(Cl)ccc21. The molecule has 1 aliphatic carbocycles. The molecule has 114 valence electrons. The summed E-state index contributed by atoms with van der Waals surface area (Å²) in [5.74, 6) is 0.281. The van der Waals surface area contributed by atoms with Gasteiger partial charge in [0.15, 0.2) is 0 Å². The van der Waals surface area contributed by atoms with Crippen LogP contribution in [0.1, 0.15) is 40.6 Å². The van der Waals surface area contributed by atoms with E-state index in [9.17, 15) is 5.26 Å². The molecule has 0 bridgehead atoms. The second-order valence-corrected chi connectivity index (χ2v) is 6.46. The molecule has 3 nitrogen and oxygen atoms in total. The number of H-pyrrole nitrogens is 1. The Kier molecular flexibility index (Phi) is 3.37. The molecule has 4 heteroatoms. The zero-order valence-corrected chi connectivity index (χ0v) is 13.5. The Balaban J connectivity index is 1.89. The molecule has 23 heavy (non-hydrogen) atoms. The largest absolute Gasteiger partial charge is 0.361 e. The van der Waals surface area contributed by atoms with Gasteiger partial charge in [0.25, 0.3) is 0 Å². The summed E-state index contributed by atoms with van der Waals surface area (Å²) >= 11 is 6.24. The molecule has 4 rings (SSSR count). The molecule has 0 unspecified atom stereocenters. The van der Waals surface area contributed by atoms with Crippen molar-refractivity contribution in [2.24, 2.45) is 0 Å². The average Bonchev–Trinajstić information content (AvgIpc) is 3.14. The summed E-state index contributed by atoms with van der Waals surface area (Å²) in [5, 5.41) is 14.5. The monoisotopic (exact) mass is 321 g/mol. The van der Waals surface area contributed by atoms with Crippen molar-refractivity contribution >= 4 is 22.5 Å². The van der Waals surface area contributed by atoms with Gasteiger partial charge in [-0.3, -0.25) is 0 Å². The van der Waals surface area contributed by atoms with Crippen molar-refractivity contribution < 1.29 is 0 Å². The van der Waals surface area contributed by atoms with Crippen LogP contribution in [0.15, 0.2) is 42.6 Å². The highest BCUT2D eigenvalue weighted by atomic mass is 35.5. The first-order valence-electron chi connectivity index (χ1n) is 7.69. The summed E-state index contributed by atoms with van der Waals surface area (Å²) in [6.07, 6.45) is 3.06. The van der Waals surface area contributed by atoms with Crippen LogP contribution in [-0.4, -0.2) is 12.0 Å². The Bertz CT molecular complexity index is 935. The van der Waals surface area contributed by atoms with E-state index in [0.717, 1.165) is 22.3 Å². The van der Waals surface area contributed by atoms with Gasteiger partial charge in [-0.05, 0) is 60.5 Å². The predicted molar refractivity (Wildman–Crippen MR) is 92.7 cm³/mol. The van der Waals surface area contributed by atoms with Gasteiger partial charge < -0.3 is 10.3 Å². The van der Waals surface area contributed by atoms with Crippen LogP contribution in [0.5, 0.6) is 0 Å². The van der Waals surface area contributed by atoms with Crippen molar-refractivity contribution in [3.05, 3.63) is 69.9 Å². The third-order valence-corrected chi connectivity index (χ3v) is 5.07. The summed E-state index contributed by atoms with van der Waals surface area (Å²) in [6.45, 7) is 0. The van der Waals surface area contributed by atoms with Crippen LogP contribution in [0, 0.1) is 11.3 Å². The van der Waals surface area contributed by atoms with Crippen LogP contribution in [0.4, 0.5) is 0 Å². The van der Waals surface area contributed by atoms with Gasteiger partial charge in [0, 0.05) is 34.1 Å². The maximum atomic E-state index is 9.18. The van der Waals surface area contributed by atoms with E-state index in [-0.39, 0.29) is 5.92 Å². The number of hydrogen-bond acceptors (Lipinski definition) is 2. The number of aromatic amines is 1. The van der Waals surface area contributed by atoms with Crippen molar-refractivity contribution in [1.29, 1.82) is 5.26 Å². The first kappa shape index (κ1) is 14.3.